The number of likely N-dealkylation sites (N-methyl/N-ethyl adjacent to an activating group) is 2. The maximum Gasteiger partial charge on any atom is 0.410 e. The molecule has 500 valence electrons. The van der Waals surface area contributed by atoms with Crippen LogP contribution >= 0.6 is 11.3 Å². The number of nitrogens with two attached hydrogens (primary N) is 2. The summed E-state index contributed by atoms with van der Waals surface area (Å²) in [4.78, 5) is 136. The summed E-state index contributed by atoms with van der Waals surface area (Å²) in [5.74, 6) is -0.0561. The van der Waals surface area contributed by atoms with Gasteiger partial charge in [0.1, 0.15) is 42.4 Å². The molecule has 2 aromatic carbocycles. The van der Waals surface area contributed by atoms with Crippen LogP contribution in [-0.2, 0) is 65.6 Å². The van der Waals surface area contributed by atoms with Crippen LogP contribution in [-0.4, -0.2) is 170 Å². The van der Waals surface area contributed by atoms with Crippen LogP contribution in [0.4, 0.5) is 15.3 Å². The summed E-state index contributed by atoms with van der Waals surface area (Å²) in [5.41, 5.74) is 7.15. The maximum absolute atomic E-state index is 14.8. The van der Waals surface area contributed by atoms with Crippen molar-refractivity contribution in [1.82, 2.24) is 46.3 Å². The van der Waals surface area contributed by atoms with E-state index in [4.69, 9.17) is 25.8 Å². The number of hydrogen-bond donors (Lipinski definition) is 8. The number of urea groups is 1. The highest BCUT2D eigenvalue weighted by atomic mass is 32.1. The van der Waals surface area contributed by atoms with Crippen molar-refractivity contribution in [1.29, 1.82) is 0 Å². The molecule has 90 heavy (non-hydrogen) atoms. The minimum absolute atomic E-state index is 0.0678. The normalized spacial score (nSPS) is 16.5. The predicted molar refractivity (Wildman–Crippen MR) is 343 cm³/mol. The van der Waals surface area contributed by atoms with Gasteiger partial charge in [-0.05, 0) is 79.0 Å². The van der Waals surface area contributed by atoms with Gasteiger partial charge in [-0.15, -0.1) is 11.3 Å². The molecule has 25 nitrogen and oxygen atoms in total. The first-order chi connectivity index (χ1) is 42.8. The van der Waals surface area contributed by atoms with E-state index in [1.165, 1.54) is 30.4 Å². The van der Waals surface area contributed by atoms with Crippen molar-refractivity contribution < 1.29 is 62.2 Å². The topological polar surface area (TPSA) is 337 Å². The van der Waals surface area contributed by atoms with Crippen LogP contribution in [0.3, 0.4) is 0 Å². The first-order valence-electron chi connectivity index (χ1n) is 31.2. The summed E-state index contributed by atoms with van der Waals surface area (Å²) >= 11 is 1.47. The molecule has 1 aliphatic rings. The van der Waals surface area contributed by atoms with Crippen LogP contribution in [0.25, 0.3) is 0 Å². The third-order valence-corrected chi connectivity index (χ3v) is 17.5. The molecule has 0 saturated carbocycles. The smallest absolute Gasteiger partial charge is 0.410 e. The molecular weight excluding hydrogens is 1180 g/mol. The van der Waals surface area contributed by atoms with Gasteiger partial charge in [-0.2, -0.15) is 0 Å². The molecule has 26 heteroatoms. The number of hydrogen-bond acceptors (Lipinski definition) is 16. The highest BCUT2D eigenvalue weighted by molar-refractivity contribution is 7.09. The third kappa shape index (κ3) is 22.6. The second kappa shape index (κ2) is 37.8. The number of ether oxygens (including phenoxy) is 3. The number of primary amides is 1. The molecule has 2 heterocycles. The van der Waals surface area contributed by atoms with Gasteiger partial charge in [0.05, 0.1) is 42.7 Å². The molecule has 0 unspecified atom stereocenters. The molecule has 3 aromatic rings. The SMILES string of the molecule is CC[C@H](C)[C@@H]([C@@H](CC(=O)N1CCC[C@H]1[C@H](OC)[C@@H](C)C(=O)N[C@@H](Cc1ccccc1)c1nccs1)OC)N(C)C(=O)[C@@H](NC(=O)[C@H](C(C)C)N(C)C(=O)OCc1ccc(NC(=O)[C@H](CCCCCNC(N)=O)NC(=O)[C@@H](NC(=O)CON)C(C)C)cc1)C(C)C. The van der Waals surface area contributed by atoms with Crippen molar-refractivity contribution in [3.63, 3.8) is 0 Å². The second-order valence-electron chi connectivity index (χ2n) is 24.3. The number of anilines is 1. The van der Waals surface area contributed by atoms with E-state index in [0.717, 1.165) is 10.6 Å². The average molecular weight is 1280 g/mol. The van der Waals surface area contributed by atoms with Gasteiger partial charge < -0.3 is 61.6 Å². The van der Waals surface area contributed by atoms with Crippen molar-refractivity contribution in [2.24, 2.45) is 41.2 Å². The fraction of sp³-hybridized carbons (Fsp3) is 0.625. The maximum atomic E-state index is 14.8. The fourth-order valence-corrected chi connectivity index (χ4v) is 12.1. The van der Waals surface area contributed by atoms with Crippen molar-refractivity contribution >= 4 is 70.5 Å². The van der Waals surface area contributed by atoms with Crippen LogP contribution in [0.1, 0.15) is 136 Å². The minimum Gasteiger partial charge on any atom is -0.445 e. The molecule has 1 aliphatic heterocycles. The number of aromatic nitrogens is 1. The van der Waals surface area contributed by atoms with E-state index in [1.807, 2.05) is 70.3 Å². The molecule has 0 bridgehead atoms. The van der Waals surface area contributed by atoms with Crippen LogP contribution in [0.15, 0.2) is 66.2 Å². The molecule has 10 amide bonds. The average Bonchev–Trinajstić information content (AvgIpc) is 3.62. The Bertz CT molecular complexity index is 2760. The zero-order valence-corrected chi connectivity index (χ0v) is 55.6. The molecular formula is C64H100N12O13S. The number of nitrogens with zero attached hydrogens (tertiary/aromatic N) is 4. The van der Waals surface area contributed by atoms with Gasteiger partial charge in [0, 0.05) is 58.7 Å². The molecule has 4 rings (SSSR count). The molecule has 1 fully saturated rings. The van der Waals surface area contributed by atoms with Crippen molar-refractivity contribution in [2.45, 2.75) is 181 Å². The summed E-state index contributed by atoms with van der Waals surface area (Å²) in [5, 5.41) is 19.5. The van der Waals surface area contributed by atoms with E-state index >= 15 is 0 Å². The number of thiazole rings is 1. The summed E-state index contributed by atoms with van der Waals surface area (Å²) in [7, 11) is 6.18. The lowest BCUT2D eigenvalue weighted by Gasteiger charge is -2.41. The monoisotopic (exact) mass is 1280 g/mol. The van der Waals surface area contributed by atoms with Gasteiger partial charge in [-0.1, -0.05) is 124 Å². The third-order valence-electron chi connectivity index (χ3n) is 16.6. The van der Waals surface area contributed by atoms with Crippen LogP contribution < -0.4 is 43.5 Å². The highest BCUT2D eigenvalue weighted by Gasteiger charge is 2.44. The summed E-state index contributed by atoms with van der Waals surface area (Å²) in [6, 6.07) is 10.2. The van der Waals surface area contributed by atoms with E-state index < -0.39 is 114 Å². The first kappa shape index (κ1) is 75.2. The first-order valence-corrected chi connectivity index (χ1v) is 32.1. The number of benzene rings is 2. The quantitative estimate of drug-likeness (QED) is 0.0258. The van der Waals surface area contributed by atoms with Gasteiger partial charge >= 0.3 is 12.1 Å². The highest BCUT2D eigenvalue weighted by Crippen LogP contribution is 2.31. The predicted octanol–water partition coefficient (Wildman–Crippen LogP) is 5.58. The molecule has 11 atom stereocenters. The Morgan fingerprint density at radius 2 is 1.43 bits per heavy atom. The molecule has 0 radical (unpaired) electrons. The summed E-state index contributed by atoms with van der Waals surface area (Å²) < 4.78 is 17.9. The van der Waals surface area contributed by atoms with E-state index in [-0.39, 0.29) is 49.1 Å². The van der Waals surface area contributed by atoms with Gasteiger partial charge in [0.15, 0.2) is 0 Å². The Morgan fingerprint density at radius 1 is 0.756 bits per heavy atom. The number of nitrogens with one attached hydrogen (secondary N) is 6. The van der Waals surface area contributed by atoms with E-state index in [1.54, 1.807) is 82.1 Å². The summed E-state index contributed by atoms with van der Waals surface area (Å²) in [6.07, 6.45) is 3.89. The molecule has 0 aliphatic carbocycles. The number of unbranched alkanes of at least 4 members (excludes halogenated alkanes) is 2. The standard InChI is InChI=1S/C64H100N12O13S/c1-14-41(8)55(49(86-12)35-51(78)76-32-21-25-48(76)56(87-13)42(9)57(79)71-47(61-67-31-33-90-61)34-43-22-17-15-18-23-43)74(10)62(83)53(39(4)5)73-60(82)54(40(6)7)75(11)64(85)88-36-44-26-28-45(29-27-44)69-58(80)46(24-19-16-20-30-68-63(65)84)70-59(81)52(38(2)3)72-50(77)37-89-66/h15,17-18,22-23,26-29,31,33,38-42,46-49,52-56H,14,16,19-21,24-25,30,32,34-37,66H2,1-13H3,(H,69,80)(H,70,81)(H,71,79)(H,72,77)(H,73,82)(H3,65,68,84)/t41-,42+,46-,47-,48-,49+,52-,53-,54-,55-,56+/m0/s1. The van der Waals surface area contributed by atoms with Crippen molar-refractivity contribution in [2.75, 3.05) is 53.3 Å². The Kier molecular flexibility index (Phi) is 31.6. The van der Waals surface area contributed by atoms with Gasteiger partial charge in [0.25, 0.3) is 0 Å². The van der Waals surface area contributed by atoms with Crippen molar-refractivity contribution in [3.05, 3.63) is 82.3 Å². The number of carbonyl (C=O) groups excluding carboxylic acids is 9. The Morgan fingerprint density at radius 3 is 2.01 bits per heavy atom. The lowest BCUT2D eigenvalue weighted by molar-refractivity contribution is -0.148. The van der Waals surface area contributed by atoms with Crippen molar-refractivity contribution in [3.8, 4) is 0 Å². The lowest BCUT2D eigenvalue weighted by atomic mass is 9.89. The van der Waals surface area contributed by atoms with Crippen LogP contribution in [0.2, 0.25) is 0 Å². The molecule has 10 N–H and O–H groups in total. The number of amides is 10. The number of carbonyl (C=O) groups is 9. The van der Waals surface area contributed by atoms with Crippen LogP contribution in [0, 0.1) is 29.6 Å². The van der Waals surface area contributed by atoms with E-state index in [0.29, 0.717) is 69.3 Å². The van der Waals surface area contributed by atoms with E-state index in [9.17, 15) is 43.2 Å². The number of likely N-dealkylation sites (tertiary alicyclic amines) is 1. The Hall–Kier alpha value is -7.26. The molecule has 1 saturated heterocycles. The zero-order valence-electron chi connectivity index (χ0n) is 54.8. The van der Waals surface area contributed by atoms with Gasteiger partial charge in [0.2, 0.25) is 41.4 Å². The lowest BCUT2D eigenvalue weighted by Crippen LogP contribution is -2.60. The summed E-state index contributed by atoms with van der Waals surface area (Å²) in [6.45, 7) is 16.6. The zero-order chi connectivity index (χ0) is 66.8. The minimum atomic E-state index is -1.07. The molecule has 0 spiro atoms. The molecule has 1 aromatic heterocycles. The largest absolute Gasteiger partial charge is 0.445 e. The van der Waals surface area contributed by atoms with Crippen LogP contribution in [0.5, 0.6) is 0 Å². The Balaban J connectivity index is 1.41. The van der Waals surface area contributed by atoms with Gasteiger partial charge in [-0.25, -0.2) is 20.5 Å². The van der Waals surface area contributed by atoms with E-state index in [2.05, 4.69) is 41.7 Å². The number of rotatable bonds is 37. The number of methoxy groups -OCH3 is 2. The fourth-order valence-electron chi connectivity index (χ4n) is 11.5. The Labute approximate surface area is 534 Å². The van der Waals surface area contributed by atoms with Gasteiger partial charge in [-0.3, -0.25) is 43.3 Å². The second-order valence-corrected chi connectivity index (χ2v) is 25.2.